The van der Waals surface area contributed by atoms with Gasteiger partial charge in [0.1, 0.15) is 12.4 Å². The summed E-state index contributed by atoms with van der Waals surface area (Å²) in [6.07, 6.45) is 0.752. The van der Waals surface area contributed by atoms with Gasteiger partial charge in [-0.3, -0.25) is 0 Å². The van der Waals surface area contributed by atoms with Crippen LogP contribution in [-0.4, -0.2) is 32.6 Å². The van der Waals surface area contributed by atoms with Crippen LogP contribution in [0.1, 0.15) is 19.4 Å². The van der Waals surface area contributed by atoms with E-state index in [2.05, 4.69) is 15.9 Å². The Hall–Kier alpha value is -0.590. The van der Waals surface area contributed by atoms with Gasteiger partial charge in [-0.05, 0) is 50.6 Å². The first-order chi connectivity index (χ1) is 8.86. The van der Waals surface area contributed by atoms with Crippen molar-refractivity contribution in [3.05, 3.63) is 28.2 Å². The summed E-state index contributed by atoms with van der Waals surface area (Å²) in [4.78, 5) is 0. The van der Waals surface area contributed by atoms with Crippen molar-refractivity contribution in [3.63, 3.8) is 0 Å². The molecule has 1 aromatic rings. The van der Waals surface area contributed by atoms with Crippen molar-refractivity contribution in [1.29, 1.82) is 0 Å². The van der Waals surface area contributed by atoms with E-state index in [1.807, 2.05) is 18.2 Å². The highest BCUT2D eigenvalue weighted by Gasteiger charge is 2.15. The lowest BCUT2D eigenvalue weighted by molar-refractivity contribution is 0.340. The lowest BCUT2D eigenvalue weighted by atomic mass is 10.1. The van der Waals surface area contributed by atoms with Crippen molar-refractivity contribution in [2.75, 3.05) is 18.9 Å². The number of benzene rings is 1. The van der Waals surface area contributed by atoms with Crippen LogP contribution in [0.3, 0.4) is 0 Å². The highest BCUT2D eigenvalue weighted by atomic mass is 79.9. The topological polar surface area (TPSA) is 69.4 Å². The fourth-order valence-corrected chi connectivity index (χ4v) is 2.73. The molecule has 2 N–H and O–H groups in total. The van der Waals surface area contributed by atoms with Crippen molar-refractivity contribution in [3.8, 4) is 5.75 Å². The Morgan fingerprint density at radius 1 is 1.37 bits per heavy atom. The van der Waals surface area contributed by atoms with Crippen molar-refractivity contribution in [2.45, 2.75) is 25.5 Å². The largest absolute Gasteiger partial charge is 0.493 e. The minimum atomic E-state index is -3.05. The average Bonchev–Trinajstić information content (AvgIpc) is 2.33. The number of sulfone groups is 1. The van der Waals surface area contributed by atoms with Crippen molar-refractivity contribution in [2.24, 2.45) is 5.73 Å². The molecule has 1 rings (SSSR count). The highest BCUT2D eigenvalue weighted by Crippen LogP contribution is 2.23. The number of nitrogens with two attached hydrogens (primary N) is 1. The molecule has 0 saturated carbocycles. The van der Waals surface area contributed by atoms with Gasteiger partial charge in [-0.2, -0.15) is 0 Å². The number of hydrogen-bond donors (Lipinski definition) is 1. The molecule has 0 saturated heterocycles. The second-order valence-corrected chi connectivity index (χ2v) is 8.09. The molecular formula is C13H20BrNO3S. The number of ether oxygens (including phenoxy) is 1. The van der Waals surface area contributed by atoms with Gasteiger partial charge < -0.3 is 10.5 Å². The molecule has 19 heavy (non-hydrogen) atoms. The summed E-state index contributed by atoms with van der Waals surface area (Å²) in [5.41, 5.74) is 6.59. The van der Waals surface area contributed by atoms with E-state index >= 15 is 0 Å². The molecular weight excluding hydrogens is 330 g/mol. The summed E-state index contributed by atoms with van der Waals surface area (Å²) in [6.45, 7) is 4.08. The molecule has 0 heterocycles. The van der Waals surface area contributed by atoms with Crippen LogP contribution in [0.15, 0.2) is 22.7 Å². The van der Waals surface area contributed by atoms with Crippen LogP contribution >= 0.6 is 15.9 Å². The van der Waals surface area contributed by atoms with Crippen molar-refractivity contribution < 1.29 is 13.2 Å². The highest BCUT2D eigenvalue weighted by molar-refractivity contribution is 9.10. The van der Waals surface area contributed by atoms with Crippen LogP contribution in [0.2, 0.25) is 0 Å². The summed E-state index contributed by atoms with van der Waals surface area (Å²) in [6, 6.07) is 5.59. The Kier molecular flexibility index (Phi) is 6.29. The van der Waals surface area contributed by atoms with E-state index in [0.717, 1.165) is 16.5 Å². The SMILES string of the molecule is CC(C)S(=O)(=O)CCOc1ccc(Br)c(CCN)c1. The maximum absolute atomic E-state index is 11.6. The predicted octanol–water partition coefficient (Wildman–Crippen LogP) is 2.15. The van der Waals surface area contributed by atoms with Crippen LogP contribution in [0.25, 0.3) is 0 Å². The zero-order chi connectivity index (χ0) is 14.5. The molecule has 0 unspecified atom stereocenters. The molecule has 0 atom stereocenters. The fourth-order valence-electron chi connectivity index (χ4n) is 1.50. The van der Waals surface area contributed by atoms with Crippen LogP contribution in [0.5, 0.6) is 5.75 Å². The van der Waals surface area contributed by atoms with Gasteiger partial charge in [0.2, 0.25) is 0 Å². The van der Waals surface area contributed by atoms with E-state index in [1.165, 1.54) is 0 Å². The van der Waals surface area contributed by atoms with Crippen LogP contribution in [-0.2, 0) is 16.3 Å². The van der Waals surface area contributed by atoms with Crippen LogP contribution in [0.4, 0.5) is 0 Å². The van der Waals surface area contributed by atoms with Gasteiger partial charge in [0.15, 0.2) is 9.84 Å². The fraction of sp³-hybridized carbons (Fsp3) is 0.538. The van der Waals surface area contributed by atoms with Gasteiger partial charge in [0.25, 0.3) is 0 Å². The summed E-state index contributed by atoms with van der Waals surface area (Å²) in [7, 11) is -3.05. The van der Waals surface area contributed by atoms with Crippen LogP contribution in [0, 0.1) is 0 Å². The number of halogens is 1. The number of hydrogen-bond acceptors (Lipinski definition) is 4. The second-order valence-electron chi connectivity index (χ2n) is 4.56. The van der Waals surface area contributed by atoms with Gasteiger partial charge in [0.05, 0.1) is 11.0 Å². The predicted molar refractivity (Wildman–Crippen MR) is 81.3 cm³/mol. The van der Waals surface area contributed by atoms with E-state index in [9.17, 15) is 8.42 Å². The Labute approximate surface area is 123 Å². The first-order valence-electron chi connectivity index (χ1n) is 6.19. The molecule has 6 heteroatoms. The molecule has 0 fully saturated rings. The quantitative estimate of drug-likeness (QED) is 0.818. The molecule has 0 aromatic heterocycles. The third kappa shape index (κ3) is 5.12. The first kappa shape index (κ1) is 16.5. The third-order valence-electron chi connectivity index (χ3n) is 2.79. The lowest BCUT2D eigenvalue weighted by Crippen LogP contribution is -2.22. The molecule has 1 aromatic carbocycles. The van der Waals surface area contributed by atoms with E-state index in [4.69, 9.17) is 10.5 Å². The number of rotatable bonds is 7. The van der Waals surface area contributed by atoms with Crippen molar-refractivity contribution >= 4 is 25.8 Å². The molecule has 0 spiro atoms. The van der Waals surface area contributed by atoms with E-state index in [1.54, 1.807) is 13.8 Å². The maximum atomic E-state index is 11.6. The second kappa shape index (κ2) is 7.26. The molecule has 0 aliphatic heterocycles. The van der Waals surface area contributed by atoms with Crippen LogP contribution < -0.4 is 10.5 Å². The first-order valence-corrected chi connectivity index (χ1v) is 8.70. The molecule has 0 aliphatic rings. The Bertz CT molecular complexity index is 515. The normalized spacial score (nSPS) is 11.8. The van der Waals surface area contributed by atoms with Gasteiger partial charge in [-0.15, -0.1) is 0 Å². The molecule has 0 aliphatic carbocycles. The summed E-state index contributed by atoms with van der Waals surface area (Å²) < 4.78 is 29.8. The summed E-state index contributed by atoms with van der Waals surface area (Å²) in [5.74, 6) is 0.707. The van der Waals surface area contributed by atoms with Gasteiger partial charge in [0, 0.05) is 4.47 Å². The maximum Gasteiger partial charge on any atom is 0.155 e. The minimum Gasteiger partial charge on any atom is -0.493 e. The Morgan fingerprint density at radius 2 is 2.05 bits per heavy atom. The summed E-state index contributed by atoms with van der Waals surface area (Å²) >= 11 is 3.44. The Morgan fingerprint density at radius 3 is 2.63 bits per heavy atom. The smallest absolute Gasteiger partial charge is 0.155 e. The van der Waals surface area contributed by atoms with Gasteiger partial charge in [-0.1, -0.05) is 15.9 Å². The zero-order valence-electron chi connectivity index (χ0n) is 11.2. The molecule has 4 nitrogen and oxygen atoms in total. The van der Waals surface area contributed by atoms with Crippen molar-refractivity contribution in [1.82, 2.24) is 0 Å². The monoisotopic (exact) mass is 349 g/mol. The minimum absolute atomic E-state index is 0.0347. The van der Waals surface area contributed by atoms with Gasteiger partial charge in [-0.25, -0.2) is 8.42 Å². The molecule has 0 bridgehead atoms. The summed E-state index contributed by atoms with van der Waals surface area (Å²) in [5, 5.41) is -0.367. The molecule has 0 radical (unpaired) electrons. The third-order valence-corrected chi connectivity index (χ3v) is 5.73. The van der Waals surface area contributed by atoms with Gasteiger partial charge >= 0.3 is 0 Å². The van der Waals surface area contributed by atoms with E-state index in [-0.39, 0.29) is 17.6 Å². The molecule has 0 amide bonds. The lowest BCUT2D eigenvalue weighted by Gasteiger charge is -2.11. The van der Waals surface area contributed by atoms with E-state index in [0.29, 0.717) is 12.3 Å². The molecule has 108 valence electrons. The Balaban J connectivity index is 2.61. The van der Waals surface area contributed by atoms with E-state index < -0.39 is 9.84 Å². The standard InChI is InChI=1S/C13H20BrNO3S/c1-10(2)19(16,17)8-7-18-12-3-4-13(14)11(9-12)5-6-15/h3-4,9-10H,5-8,15H2,1-2H3. The average molecular weight is 350 g/mol. The zero-order valence-corrected chi connectivity index (χ0v) is 13.6.